The number of halogens is 1. The Morgan fingerprint density at radius 3 is 2.68 bits per heavy atom. The zero-order valence-electron chi connectivity index (χ0n) is 20.7. The molecule has 196 valence electrons. The van der Waals surface area contributed by atoms with Gasteiger partial charge in [-0.2, -0.15) is 4.98 Å². The van der Waals surface area contributed by atoms with E-state index >= 15 is 0 Å². The van der Waals surface area contributed by atoms with E-state index < -0.39 is 10.0 Å². The van der Waals surface area contributed by atoms with Gasteiger partial charge in [0.2, 0.25) is 5.82 Å². The molecule has 0 atom stereocenters. The Labute approximate surface area is 224 Å². The molecule has 10 nitrogen and oxygen atoms in total. The molecule has 1 N–H and O–H groups in total. The van der Waals surface area contributed by atoms with Gasteiger partial charge < -0.3 is 19.1 Å². The lowest BCUT2D eigenvalue weighted by molar-refractivity contribution is 0.249. The quantitative estimate of drug-likeness (QED) is 0.284. The minimum Gasteiger partial charge on any atom is -0.493 e. The molecule has 0 unspecified atom stereocenters. The van der Waals surface area contributed by atoms with Crippen LogP contribution in [0.25, 0.3) is 10.5 Å². The Balaban J connectivity index is 1.60. The van der Waals surface area contributed by atoms with Crippen molar-refractivity contribution in [1.29, 1.82) is 0 Å². The van der Waals surface area contributed by atoms with E-state index in [2.05, 4.69) is 19.7 Å². The first-order valence-corrected chi connectivity index (χ1v) is 13.9. The van der Waals surface area contributed by atoms with Gasteiger partial charge in [0.15, 0.2) is 22.0 Å². The summed E-state index contributed by atoms with van der Waals surface area (Å²) in [5, 5.41) is 0.337. The molecule has 4 rings (SSSR count). The largest absolute Gasteiger partial charge is 0.493 e. The number of rotatable bonds is 11. The average molecular weight is 564 g/mol. The summed E-state index contributed by atoms with van der Waals surface area (Å²) in [4.78, 5) is 15.5. The van der Waals surface area contributed by atoms with E-state index in [0.29, 0.717) is 39.2 Å². The first-order valence-electron chi connectivity index (χ1n) is 11.1. The predicted molar refractivity (Wildman–Crippen MR) is 144 cm³/mol. The maximum atomic E-state index is 13.2. The van der Waals surface area contributed by atoms with Crippen molar-refractivity contribution in [2.75, 3.05) is 39.1 Å². The summed E-state index contributed by atoms with van der Waals surface area (Å²) in [6.07, 6.45) is 0. The number of ether oxygens (including phenoxy) is 3. The minimum absolute atomic E-state index is 0.0194. The molecule has 2 aromatic carbocycles. The second-order valence-electron chi connectivity index (χ2n) is 8.25. The van der Waals surface area contributed by atoms with E-state index in [-0.39, 0.29) is 23.2 Å². The summed E-state index contributed by atoms with van der Waals surface area (Å²) in [5.41, 5.74) is 3.07. The van der Waals surface area contributed by atoms with E-state index in [9.17, 15) is 8.42 Å². The molecule has 0 fully saturated rings. The Hall–Kier alpha value is -3.19. The van der Waals surface area contributed by atoms with Crippen molar-refractivity contribution in [2.45, 2.75) is 18.4 Å². The van der Waals surface area contributed by atoms with Crippen LogP contribution in [0.3, 0.4) is 0 Å². The fourth-order valence-corrected chi connectivity index (χ4v) is 5.42. The Kier molecular flexibility index (Phi) is 8.32. The molecule has 0 aliphatic carbocycles. The summed E-state index contributed by atoms with van der Waals surface area (Å²) in [5.74, 6) is 1.12. The summed E-state index contributed by atoms with van der Waals surface area (Å²) in [6, 6.07) is 10.1. The summed E-state index contributed by atoms with van der Waals surface area (Å²) < 4.78 is 46.1. The summed E-state index contributed by atoms with van der Waals surface area (Å²) in [6.45, 7) is 2.93. The molecule has 0 saturated heterocycles. The molecule has 4 aromatic rings. The molecular weight excluding hydrogens is 538 g/mol. The van der Waals surface area contributed by atoms with Crippen LogP contribution in [0, 0.1) is 6.92 Å². The highest BCUT2D eigenvalue weighted by atomic mass is 35.5. The van der Waals surface area contributed by atoms with Crippen LogP contribution >= 0.6 is 22.9 Å². The Bertz CT molecular complexity index is 1510. The van der Waals surface area contributed by atoms with E-state index in [4.69, 9.17) is 25.8 Å². The molecule has 0 bridgehead atoms. The van der Waals surface area contributed by atoms with Gasteiger partial charge in [-0.3, -0.25) is 4.72 Å². The minimum atomic E-state index is -4.04. The van der Waals surface area contributed by atoms with E-state index in [1.165, 1.54) is 17.4 Å². The van der Waals surface area contributed by atoms with E-state index in [0.717, 1.165) is 12.1 Å². The average Bonchev–Trinajstić information content (AvgIpc) is 3.31. The van der Waals surface area contributed by atoms with Crippen LogP contribution in [0.1, 0.15) is 11.1 Å². The lowest BCUT2D eigenvalue weighted by Crippen LogP contribution is -2.19. The zero-order chi connectivity index (χ0) is 26.6. The van der Waals surface area contributed by atoms with Gasteiger partial charge in [-0.25, -0.2) is 18.4 Å². The third kappa shape index (κ3) is 6.39. The number of fused-ring (bicyclic) bond motifs is 1. The molecule has 37 heavy (non-hydrogen) atoms. The molecule has 0 amide bonds. The SMILES string of the molecule is COc1ccc(COc2nc3scnc3nc2NS(=O)(=O)c2cccc(Cl)c2C)cc1OCCN(C)C. The van der Waals surface area contributed by atoms with Crippen molar-refractivity contribution in [3.05, 3.63) is 58.1 Å². The number of hydrogen-bond donors (Lipinski definition) is 1. The maximum Gasteiger partial charge on any atom is 0.263 e. The smallest absolute Gasteiger partial charge is 0.263 e. The third-order valence-electron chi connectivity index (χ3n) is 5.29. The molecule has 2 heterocycles. The maximum absolute atomic E-state index is 13.2. The van der Waals surface area contributed by atoms with Gasteiger partial charge in [0, 0.05) is 11.6 Å². The van der Waals surface area contributed by atoms with Crippen LogP contribution in [-0.2, 0) is 16.6 Å². The van der Waals surface area contributed by atoms with Crippen molar-refractivity contribution in [3.63, 3.8) is 0 Å². The number of thiazole rings is 1. The lowest BCUT2D eigenvalue weighted by Gasteiger charge is -2.15. The Morgan fingerprint density at radius 2 is 1.92 bits per heavy atom. The van der Waals surface area contributed by atoms with Crippen molar-refractivity contribution < 1.29 is 22.6 Å². The number of anilines is 1. The van der Waals surface area contributed by atoms with Gasteiger partial charge in [0.1, 0.15) is 13.2 Å². The van der Waals surface area contributed by atoms with Gasteiger partial charge in [0.25, 0.3) is 15.9 Å². The summed E-state index contributed by atoms with van der Waals surface area (Å²) in [7, 11) is 1.46. The molecule has 13 heteroatoms. The second-order valence-corrected chi connectivity index (χ2v) is 11.1. The second kappa shape index (κ2) is 11.5. The highest BCUT2D eigenvalue weighted by molar-refractivity contribution is 7.92. The number of benzene rings is 2. The monoisotopic (exact) mass is 563 g/mol. The standard InChI is InChI=1S/C24H26ClN5O5S2/c1-15-17(25)6-5-7-20(15)37(31,32)29-21-23(28-24-22(27-21)26-14-36-24)35-13-16-8-9-18(33-4)19(12-16)34-11-10-30(2)3/h5-9,12,14H,10-11,13H2,1-4H3,(H,27,29). The lowest BCUT2D eigenvalue weighted by atomic mass is 10.2. The highest BCUT2D eigenvalue weighted by Gasteiger charge is 2.23. The highest BCUT2D eigenvalue weighted by Crippen LogP contribution is 2.32. The summed E-state index contributed by atoms with van der Waals surface area (Å²) >= 11 is 7.41. The number of methoxy groups -OCH3 is 1. The number of aromatic nitrogens is 3. The van der Waals surface area contributed by atoms with Gasteiger partial charge in [0.05, 0.1) is 17.5 Å². The fraction of sp³-hybridized carbons (Fsp3) is 0.292. The van der Waals surface area contributed by atoms with Gasteiger partial charge >= 0.3 is 0 Å². The third-order valence-corrected chi connectivity index (χ3v) is 7.89. The van der Waals surface area contributed by atoms with Gasteiger partial charge in [-0.15, -0.1) is 11.3 Å². The van der Waals surface area contributed by atoms with Crippen LogP contribution in [0.4, 0.5) is 5.82 Å². The van der Waals surface area contributed by atoms with Crippen LogP contribution < -0.4 is 18.9 Å². The molecule has 2 aromatic heterocycles. The molecule has 0 saturated carbocycles. The molecule has 0 aliphatic rings. The van der Waals surface area contributed by atoms with Crippen molar-refractivity contribution in [3.8, 4) is 17.4 Å². The van der Waals surface area contributed by atoms with Crippen molar-refractivity contribution in [1.82, 2.24) is 19.9 Å². The zero-order valence-corrected chi connectivity index (χ0v) is 23.1. The Morgan fingerprint density at radius 1 is 1.11 bits per heavy atom. The number of likely N-dealkylation sites (N-methyl/N-ethyl adjacent to an activating group) is 1. The predicted octanol–water partition coefficient (Wildman–Crippen LogP) is 4.38. The first-order chi connectivity index (χ1) is 17.7. The van der Waals surface area contributed by atoms with Crippen LogP contribution in [-0.4, -0.2) is 62.6 Å². The van der Waals surface area contributed by atoms with E-state index in [1.807, 2.05) is 31.1 Å². The molecule has 0 spiro atoms. The van der Waals surface area contributed by atoms with Crippen LogP contribution in [0.5, 0.6) is 17.4 Å². The van der Waals surface area contributed by atoms with Crippen LogP contribution in [0.2, 0.25) is 5.02 Å². The topological polar surface area (TPSA) is 116 Å². The molecule has 0 aliphatic heterocycles. The number of nitrogens with zero attached hydrogens (tertiary/aromatic N) is 4. The van der Waals surface area contributed by atoms with Crippen LogP contribution in [0.15, 0.2) is 46.8 Å². The number of nitrogens with one attached hydrogen (secondary N) is 1. The normalized spacial score (nSPS) is 11.6. The van der Waals surface area contributed by atoms with Gasteiger partial charge in [-0.1, -0.05) is 23.7 Å². The fourth-order valence-electron chi connectivity index (χ4n) is 3.33. The molecule has 0 radical (unpaired) electrons. The first kappa shape index (κ1) is 26.9. The number of hydrogen-bond acceptors (Lipinski definition) is 10. The molecular formula is C24H26ClN5O5S2. The van der Waals surface area contributed by atoms with Crippen molar-refractivity contribution >= 4 is 49.3 Å². The van der Waals surface area contributed by atoms with E-state index in [1.54, 1.807) is 37.7 Å². The van der Waals surface area contributed by atoms with Crippen molar-refractivity contribution in [2.24, 2.45) is 0 Å². The van der Waals surface area contributed by atoms with Gasteiger partial charge in [-0.05, 0) is 56.4 Å². The number of sulfonamides is 1.